The maximum absolute atomic E-state index is 12.6. The van der Waals surface area contributed by atoms with Crippen molar-refractivity contribution in [2.45, 2.75) is 91.0 Å². The summed E-state index contributed by atoms with van der Waals surface area (Å²) in [5.41, 5.74) is 7.02. The number of morpholine rings is 1. The van der Waals surface area contributed by atoms with Gasteiger partial charge in [0.2, 0.25) is 5.95 Å². The highest BCUT2D eigenvalue weighted by Crippen LogP contribution is 2.39. The van der Waals surface area contributed by atoms with Crippen LogP contribution < -0.4 is 9.80 Å². The number of aromatic nitrogens is 2. The lowest BCUT2D eigenvalue weighted by molar-refractivity contribution is 0.0286. The molecule has 0 aliphatic carbocycles. The summed E-state index contributed by atoms with van der Waals surface area (Å²) in [6, 6.07) is 14.6. The van der Waals surface area contributed by atoms with E-state index in [0.29, 0.717) is 32.4 Å². The van der Waals surface area contributed by atoms with Crippen LogP contribution in [0.2, 0.25) is 25.7 Å². The quantitative estimate of drug-likeness (QED) is 0.137. The number of amides is 1. The number of hydrogen-bond donors (Lipinski definition) is 0. The van der Waals surface area contributed by atoms with Crippen LogP contribution in [0.5, 0.6) is 0 Å². The molecule has 11 heteroatoms. The topological polar surface area (TPSA) is 75.5 Å². The Balaban J connectivity index is 1.45. The van der Waals surface area contributed by atoms with Crippen molar-refractivity contribution in [1.82, 2.24) is 19.4 Å². The molecule has 50 heavy (non-hydrogen) atoms. The van der Waals surface area contributed by atoms with Crippen LogP contribution in [0.15, 0.2) is 36.4 Å². The second-order valence-electron chi connectivity index (χ2n) is 16.5. The lowest BCUT2D eigenvalue weighted by Gasteiger charge is -2.35. The third-order valence-electron chi connectivity index (χ3n) is 9.77. The van der Waals surface area contributed by atoms with Gasteiger partial charge in [-0.05, 0) is 94.4 Å². The zero-order chi connectivity index (χ0) is 36.1. The summed E-state index contributed by atoms with van der Waals surface area (Å²) < 4.78 is 20.0. The molecular formula is C39H62N6O4Si. The van der Waals surface area contributed by atoms with Crippen molar-refractivity contribution < 1.29 is 19.0 Å². The van der Waals surface area contributed by atoms with E-state index >= 15 is 0 Å². The fourth-order valence-electron chi connectivity index (χ4n) is 6.87. The minimum atomic E-state index is -1.21. The minimum absolute atomic E-state index is 0.290. The number of benzene rings is 2. The third kappa shape index (κ3) is 10.2. The number of likely N-dealkylation sites (N-methyl/N-ethyl adjacent to an activating group) is 2. The zero-order valence-electron chi connectivity index (χ0n) is 32.3. The van der Waals surface area contributed by atoms with Gasteiger partial charge in [-0.15, -0.1) is 0 Å². The van der Waals surface area contributed by atoms with Crippen molar-refractivity contribution in [2.24, 2.45) is 0 Å². The molecule has 1 aromatic heterocycles. The Morgan fingerprint density at radius 3 is 2.38 bits per heavy atom. The van der Waals surface area contributed by atoms with E-state index in [4.69, 9.17) is 19.2 Å². The fraction of sp³-hybridized carbons (Fsp3) is 0.641. The molecule has 0 radical (unpaired) electrons. The number of piperidine rings is 1. The molecule has 10 nitrogen and oxygen atoms in total. The van der Waals surface area contributed by atoms with E-state index in [1.54, 1.807) is 4.90 Å². The maximum atomic E-state index is 12.6. The van der Waals surface area contributed by atoms with Crippen molar-refractivity contribution in [3.05, 3.63) is 53.1 Å². The summed E-state index contributed by atoms with van der Waals surface area (Å²) in [4.78, 5) is 27.0. The maximum Gasteiger partial charge on any atom is 0.410 e. The van der Waals surface area contributed by atoms with Gasteiger partial charge in [0.25, 0.3) is 0 Å². The highest BCUT2D eigenvalue weighted by molar-refractivity contribution is 6.76. The van der Waals surface area contributed by atoms with Crippen molar-refractivity contribution >= 4 is 36.8 Å². The molecule has 2 aliphatic heterocycles. The average molecular weight is 707 g/mol. The molecular weight excluding hydrogens is 645 g/mol. The Kier molecular flexibility index (Phi) is 12.6. The number of rotatable bonds is 13. The summed E-state index contributed by atoms with van der Waals surface area (Å²) in [7, 11) is 2.74. The van der Waals surface area contributed by atoms with E-state index in [2.05, 4.69) is 89.3 Å². The van der Waals surface area contributed by atoms with Crippen LogP contribution in [0.3, 0.4) is 0 Å². The first kappa shape index (κ1) is 38.1. The third-order valence-corrected chi connectivity index (χ3v) is 11.5. The van der Waals surface area contributed by atoms with E-state index in [0.717, 1.165) is 81.7 Å². The predicted molar refractivity (Wildman–Crippen MR) is 207 cm³/mol. The van der Waals surface area contributed by atoms with Crippen LogP contribution in [0.1, 0.15) is 56.2 Å². The first-order chi connectivity index (χ1) is 23.7. The molecule has 0 spiro atoms. The van der Waals surface area contributed by atoms with Gasteiger partial charge in [-0.1, -0.05) is 37.8 Å². The SMILES string of the molecule is Cc1cccc(N2CCC(c3c(CN(C)CCN(C)C(=O)OC(C)(C)C)ccc4c3nc(N3CCOCC3)n4COCC[Si](C)(C)C)CC2)c1. The standard InChI is InChI=1S/C39H62N6O4Si/c1-30-11-10-12-33(27-30)43-17-15-31(16-18-43)35-32(28-41(5)19-20-42(6)38(46)49-39(2,3)4)13-14-34-36(35)40-37(44-21-23-47-24-22-44)45(34)29-48-25-26-50(7,8)9/h10-14,27,31H,15-26,28-29H2,1-9H3. The molecule has 0 bridgehead atoms. The van der Waals surface area contributed by atoms with E-state index < -0.39 is 13.7 Å². The molecule has 3 heterocycles. The molecule has 3 aromatic rings. The van der Waals surface area contributed by atoms with Crippen molar-refractivity contribution in [3.8, 4) is 0 Å². The van der Waals surface area contributed by atoms with Crippen LogP contribution in [0.25, 0.3) is 11.0 Å². The highest BCUT2D eigenvalue weighted by atomic mass is 28.3. The molecule has 0 saturated carbocycles. The first-order valence-electron chi connectivity index (χ1n) is 18.6. The summed E-state index contributed by atoms with van der Waals surface area (Å²) in [6.07, 6.45) is 1.84. The average Bonchev–Trinajstić information content (AvgIpc) is 3.43. The number of aryl methyl sites for hydroxylation is 1. The first-order valence-corrected chi connectivity index (χ1v) is 22.3. The van der Waals surface area contributed by atoms with Gasteiger partial charge in [0.15, 0.2) is 0 Å². The van der Waals surface area contributed by atoms with Crippen LogP contribution in [0.4, 0.5) is 16.4 Å². The second kappa shape index (κ2) is 16.5. The van der Waals surface area contributed by atoms with Gasteiger partial charge in [-0.3, -0.25) is 4.57 Å². The van der Waals surface area contributed by atoms with Gasteiger partial charge in [0, 0.05) is 73.2 Å². The van der Waals surface area contributed by atoms with Crippen molar-refractivity contribution in [3.63, 3.8) is 0 Å². The Morgan fingerprint density at radius 2 is 1.72 bits per heavy atom. The molecule has 0 unspecified atom stereocenters. The van der Waals surface area contributed by atoms with Gasteiger partial charge < -0.3 is 33.8 Å². The lowest BCUT2D eigenvalue weighted by atomic mass is 9.85. The molecule has 2 aliphatic rings. The number of carbonyl (C=O) groups is 1. The minimum Gasteiger partial charge on any atom is -0.444 e. The van der Waals surface area contributed by atoms with Crippen molar-refractivity contribution in [2.75, 3.05) is 83.0 Å². The molecule has 1 amide bonds. The number of imidazole rings is 1. The molecule has 2 saturated heterocycles. The van der Waals surface area contributed by atoms with E-state index in [1.807, 2.05) is 27.8 Å². The summed E-state index contributed by atoms with van der Waals surface area (Å²) in [5, 5.41) is 0. The smallest absolute Gasteiger partial charge is 0.410 e. The molecule has 0 atom stereocenters. The summed E-state index contributed by atoms with van der Waals surface area (Å²) in [6.45, 7) is 23.5. The van der Waals surface area contributed by atoms with Gasteiger partial charge in [0.05, 0.1) is 24.2 Å². The number of anilines is 2. The van der Waals surface area contributed by atoms with Gasteiger partial charge in [-0.25, -0.2) is 9.78 Å². The number of nitrogens with zero attached hydrogens (tertiary/aromatic N) is 6. The van der Waals surface area contributed by atoms with Gasteiger partial charge >= 0.3 is 6.09 Å². The van der Waals surface area contributed by atoms with Crippen LogP contribution in [-0.2, 0) is 27.5 Å². The fourth-order valence-corrected chi connectivity index (χ4v) is 7.63. The highest BCUT2D eigenvalue weighted by Gasteiger charge is 2.29. The zero-order valence-corrected chi connectivity index (χ0v) is 33.3. The molecule has 0 N–H and O–H groups in total. The Bertz CT molecular complexity index is 1570. The van der Waals surface area contributed by atoms with E-state index in [-0.39, 0.29) is 6.09 Å². The summed E-state index contributed by atoms with van der Waals surface area (Å²) in [5.74, 6) is 1.38. The van der Waals surface area contributed by atoms with Crippen LogP contribution in [-0.4, -0.2) is 112 Å². The van der Waals surface area contributed by atoms with Crippen molar-refractivity contribution in [1.29, 1.82) is 0 Å². The van der Waals surface area contributed by atoms with E-state index in [9.17, 15) is 4.79 Å². The lowest BCUT2D eigenvalue weighted by Crippen LogP contribution is -2.38. The van der Waals surface area contributed by atoms with Gasteiger partial charge in [-0.2, -0.15) is 0 Å². The van der Waals surface area contributed by atoms with E-state index in [1.165, 1.54) is 22.4 Å². The molecule has 276 valence electrons. The van der Waals surface area contributed by atoms with Gasteiger partial charge in [0.1, 0.15) is 12.3 Å². The predicted octanol–water partition coefficient (Wildman–Crippen LogP) is 7.18. The number of carbonyl (C=O) groups excluding carboxylic acids is 1. The Hall–Kier alpha value is -3.12. The number of hydrogen-bond acceptors (Lipinski definition) is 8. The monoisotopic (exact) mass is 706 g/mol. The summed E-state index contributed by atoms with van der Waals surface area (Å²) >= 11 is 0. The number of fused-ring (bicyclic) bond motifs is 1. The number of ether oxygens (including phenoxy) is 3. The largest absolute Gasteiger partial charge is 0.444 e. The molecule has 2 aromatic carbocycles. The Morgan fingerprint density at radius 1 is 1.00 bits per heavy atom. The van der Waals surface area contributed by atoms with Crippen LogP contribution >= 0.6 is 0 Å². The molecule has 5 rings (SSSR count). The second-order valence-corrected chi connectivity index (χ2v) is 22.2. The Labute approximate surface area is 301 Å². The normalized spacial score (nSPS) is 16.4. The van der Waals surface area contributed by atoms with Crippen LogP contribution in [0, 0.1) is 6.92 Å². The molecule has 2 fully saturated rings.